The van der Waals surface area contributed by atoms with Crippen molar-refractivity contribution in [3.8, 4) is 0 Å². The van der Waals surface area contributed by atoms with Crippen molar-refractivity contribution in [3.05, 3.63) is 60.7 Å². The number of allylic oxidation sites excluding steroid dienone is 1. The molecule has 0 saturated carbocycles. The quantitative estimate of drug-likeness (QED) is 0.588. The van der Waals surface area contributed by atoms with Crippen LogP contribution in [0.25, 0.3) is 0 Å². The van der Waals surface area contributed by atoms with E-state index >= 15 is 0 Å². The van der Waals surface area contributed by atoms with Gasteiger partial charge in [0.15, 0.2) is 0 Å². The van der Waals surface area contributed by atoms with Gasteiger partial charge in [-0.2, -0.15) is 0 Å². The van der Waals surface area contributed by atoms with E-state index in [9.17, 15) is 4.79 Å². The van der Waals surface area contributed by atoms with Crippen molar-refractivity contribution in [2.75, 3.05) is 0 Å². The molecule has 90 valence electrons. The molecule has 0 spiro atoms. The second kappa shape index (κ2) is 7.44. The molecule has 0 N–H and O–H groups in total. The Morgan fingerprint density at radius 1 is 1.35 bits per heavy atom. The number of ether oxygens (including phenoxy) is 1. The van der Waals surface area contributed by atoms with E-state index in [1.54, 1.807) is 6.08 Å². The number of esters is 1. The van der Waals surface area contributed by atoms with Gasteiger partial charge < -0.3 is 4.74 Å². The Morgan fingerprint density at radius 3 is 2.53 bits per heavy atom. The number of aryl methyl sites for hydroxylation is 1. The Bertz CT molecular complexity index is 379. The average Bonchev–Trinajstić information content (AvgIpc) is 2.75. The van der Waals surface area contributed by atoms with Gasteiger partial charge in [0, 0.05) is 6.08 Å². The third kappa shape index (κ3) is 5.16. The molecule has 1 heterocycles. The van der Waals surface area contributed by atoms with Crippen LogP contribution in [0, 0.1) is 0 Å². The van der Waals surface area contributed by atoms with E-state index < -0.39 is 0 Å². The largest absolute Gasteiger partial charge is 0.455 e. The third-order valence-corrected chi connectivity index (χ3v) is 2.27. The Morgan fingerprint density at radius 2 is 2.00 bits per heavy atom. The monoisotopic (exact) mass is 230 g/mol. The first-order valence-corrected chi connectivity index (χ1v) is 5.76. The summed E-state index contributed by atoms with van der Waals surface area (Å²) in [5, 5.41) is 0. The summed E-state index contributed by atoms with van der Waals surface area (Å²) in [5.74, 6) is -0.219. The first-order chi connectivity index (χ1) is 8.26. The number of carbonyl (C=O) groups is 1. The highest BCUT2D eigenvalue weighted by Gasteiger charge is 2.15. The molecule has 0 amide bonds. The van der Waals surface area contributed by atoms with E-state index in [0.717, 1.165) is 12.8 Å². The van der Waals surface area contributed by atoms with Gasteiger partial charge in [0.05, 0.1) is 0 Å². The minimum atomic E-state index is -0.219. The maximum absolute atomic E-state index is 10.8. The molecule has 0 aromatic heterocycles. The van der Waals surface area contributed by atoms with Gasteiger partial charge in [-0.05, 0) is 31.4 Å². The minimum Gasteiger partial charge on any atom is -0.455 e. The van der Waals surface area contributed by atoms with Crippen LogP contribution in [0.1, 0.15) is 18.9 Å². The molecule has 1 unspecified atom stereocenters. The zero-order valence-electron chi connectivity index (χ0n) is 10.1. The number of rotatable bonds is 3. The molecule has 1 aromatic carbocycles. The normalized spacial score (nSPS) is 17.0. The van der Waals surface area contributed by atoms with Crippen LogP contribution in [0.15, 0.2) is 55.1 Å². The Labute approximate surface area is 103 Å². The molecule has 0 bridgehead atoms. The van der Waals surface area contributed by atoms with Gasteiger partial charge in [0.2, 0.25) is 0 Å². The summed E-state index contributed by atoms with van der Waals surface area (Å²) in [6.07, 6.45) is 6.86. The molecule has 0 fully saturated rings. The predicted molar refractivity (Wildman–Crippen MR) is 69.7 cm³/mol. The molecule has 2 heteroatoms. The fourth-order valence-corrected chi connectivity index (χ4v) is 1.52. The molecule has 1 atom stereocenters. The van der Waals surface area contributed by atoms with Gasteiger partial charge >= 0.3 is 5.97 Å². The lowest BCUT2D eigenvalue weighted by Crippen LogP contribution is -2.08. The van der Waals surface area contributed by atoms with E-state index in [1.807, 2.05) is 31.2 Å². The molecule has 2 rings (SSSR count). The van der Waals surface area contributed by atoms with Crippen LogP contribution in [0.5, 0.6) is 0 Å². The van der Waals surface area contributed by atoms with Crippen molar-refractivity contribution >= 4 is 5.97 Å². The molecular weight excluding hydrogens is 212 g/mol. The summed E-state index contributed by atoms with van der Waals surface area (Å²) >= 11 is 0. The number of cyclic esters (lactones) is 1. The SMILES string of the molecule is C=CC.O=C1C=CC(CCc2ccccc2)O1. The van der Waals surface area contributed by atoms with Gasteiger partial charge in [-0.3, -0.25) is 0 Å². The van der Waals surface area contributed by atoms with Crippen molar-refractivity contribution in [3.63, 3.8) is 0 Å². The highest BCUT2D eigenvalue weighted by molar-refractivity contribution is 5.84. The van der Waals surface area contributed by atoms with Crippen LogP contribution >= 0.6 is 0 Å². The highest BCUT2D eigenvalue weighted by Crippen LogP contribution is 2.12. The van der Waals surface area contributed by atoms with E-state index in [2.05, 4.69) is 18.7 Å². The van der Waals surface area contributed by atoms with Crippen LogP contribution in [-0.2, 0) is 16.0 Å². The summed E-state index contributed by atoms with van der Waals surface area (Å²) in [6.45, 7) is 5.25. The fourth-order valence-electron chi connectivity index (χ4n) is 1.52. The van der Waals surface area contributed by atoms with Gasteiger partial charge in [-0.15, -0.1) is 6.58 Å². The second-order valence-corrected chi connectivity index (χ2v) is 3.77. The van der Waals surface area contributed by atoms with Gasteiger partial charge in [-0.1, -0.05) is 36.4 Å². The Kier molecular flexibility index (Phi) is 5.80. The molecule has 0 radical (unpaired) electrons. The number of hydrogen-bond acceptors (Lipinski definition) is 2. The van der Waals surface area contributed by atoms with E-state index in [-0.39, 0.29) is 12.1 Å². The van der Waals surface area contributed by atoms with E-state index in [1.165, 1.54) is 11.6 Å². The van der Waals surface area contributed by atoms with Crippen LogP contribution in [0.3, 0.4) is 0 Å². The average molecular weight is 230 g/mol. The zero-order chi connectivity index (χ0) is 12.5. The zero-order valence-corrected chi connectivity index (χ0v) is 10.1. The number of benzene rings is 1. The molecule has 1 aliphatic rings. The summed E-state index contributed by atoms with van der Waals surface area (Å²) in [7, 11) is 0. The van der Waals surface area contributed by atoms with Gasteiger partial charge in [0.25, 0.3) is 0 Å². The smallest absolute Gasteiger partial charge is 0.331 e. The lowest BCUT2D eigenvalue weighted by molar-refractivity contribution is -0.138. The fraction of sp³-hybridized carbons (Fsp3) is 0.267. The standard InChI is InChI=1S/C12H12O2.C3H6/c13-12-9-8-11(14-12)7-6-10-4-2-1-3-5-10;1-3-2/h1-5,8-9,11H,6-7H2;3H,1H2,2H3. The third-order valence-electron chi connectivity index (χ3n) is 2.27. The summed E-state index contributed by atoms with van der Waals surface area (Å²) < 4.78 is 5.03. The number of hydrogen-bond donors (Lipinski definition) is 0. The number of carbonyl (C=O) groups excluding carboxylic acids is 1. The molecule has 1 aromatic rings. The summed E-state index contributed by atoms with van der Waals surface area (Å²) in [5.41, 5.74) is 1.28. The Balaban J connectivity index is 0.000000437. The predicted octanol–water partition coefficient (Wildman–Crippen LogP) is 3.29. The van der Waals surface area contributed by atoms with Gasteiger partial charge in [-0.25, -0.2) is 4.79 Å². The molecule has 0 aliphatic carbocycles. The van der Waals surface area contributed by atoms with Crippen molar-refractivity contribution in [2.45, 2.75) is 25.9 Å². The second-order valence-electron chi connectivity index (χ2n) is 3.77. The first-order valence-electron chi connectivity index (χ1n) is 5.76. The maximum atomic E-state index is 10.8. The molecule has 0 saturated heterocycles. The molecule has 1 aliphatic heterocycles. The molecule has 17 heavy (non-hydrogen) atoms. The van der Waals surface area contributed by atoms with E-state index in [4.69, 9.17) is 4.74 Å². The van der Waals surface area contributed by atoms with Crippen LogP contribution in [0.2, 0.25) is 0 Å². The molecular formula is C15H18O2. The van der Waals surface area contributed by atoms with Crippen molar-refractivity contribution < 1.29 is 9.53 Å². The van der Waals surface area contributed by atoms with Gasteiger partial charge in [0.1, 0.15) is 6.10 Å². The van der Waals surface area contributed by atoms with Crippen LogP contribution in [0.4, 0.5) is 0 Å². The van der Waals surface area contributed by atoms with Crippen LogP contribution in [-0.4, -0.2) is 12.1 Å². The summed E-state index contributed by atoms with van der Waals surface area (Å²) in [6, 6.07) is 10.2. The summed E-state index contributed by atoms with van der Waals surface area (Å²) in [4.78, 5) is 10.8. The van der Waals surface area contributed by atoms with Crippen LogP contribution < -0.4 is 0 Å². The van der Waals surface area contributed by atoms with Crippen molar-refractivity contribution in [1.82, 2.24) is 0 Å². The highest BCUT2D eigenvalue weighted by atomic mass is 16.5. The maximum Gasteiger partial charge on any atom is 0.331 e. The van der Waals surface area contributed by atoms with Crippen molar-refractivity contribution in [2.24, 2.45) is 0 Å². The Hall–Kier alpha value is -1.83. The first kappa shape index (κ1) is 13.2. The lowest BCUT2D eigenvalue weighted by atomic mass is 10.1. The minimum absolute atomic E-state index is 0.0253. The topological polar surface area (TPSA) is 26.3 Å². The van der Waals surface area contributed by atoms with Crippen molar-refractivity contribution in [1.29, 1.82) is 0 Å². The van der Waals surface area contributed by atoms with E-state index in [0.29, 0.717) is 0 Å². The lowest BCUT2D eigenvalue weighted by Gasteiger charge is -2.07. The molecule has 2 nitrogen and oxygen atoms in total.